The van der Waals surface area contributed by atoms with Gasteiger partial charge in [-0.25, -0.2) is 0 Å². The number of imide groups is 1. The second kappa shape index (κ2) is 9.98. The van der Waals surface area contributed by atoms with Crippen LogP contribution in [0.2, 0.25) is 0 Å². The van der Waals surface area contributed by atoms with Crippen LogP contribution in [0, 0.1) is 0 Å². The first-order valence-electron chi connectivity index (χ1n) is 11.2. The third-order valence-electron chi connectivity index (χ3n) is 5.51. The summed E-state index contributed by atoms with van der Waals surface area (Å²) in [6.07, 6.45) is 0.441. The highest BCUT2D eigenvalue weighted by molar-refractivity contribution is 6.21. The Morgan fingerprint density at radius 3 is 2.03 bits per heavy atom. The zero-order valence-corrected chi connectivity index (χ0v) is 19.6. The highest BCUT2D eigenvalue weighted by Gasteiger charge is 2.35. The van der Waals surface area contributed by atoms with E-state index in [2.05, 4.69) is 5.32 Å². The summed E-state index contributed by atoms with van der Waals surface area (Å²) in [5.41, 5.74) is 1.29. The van der Waals surface area contributed by atoms with E-state index in [1.807, 2.05) is 51.1 Å². The predicted molar refractivity (Wildman–Crippen MR) is 125 cm³/mol. The van der Waals surface area contributed by atoms with Crippen LogP contribution in [0.3, 0.4) is 0 Å². The van der Waals surface area contributed by atoms with Crippen LogP contribution in [-0.4, -0.2) is 51.6 Å². The molecule has 3 rings (SSSR count). The molecule has 0 spiro atoms. The summed E-state index contributed by atoms with van der Waals surface area (Å²) < 4.78 is 0. The van der Waals surface area contributed by atoms with Gasteiger partial charge in [-0.15, -0.1) is 0 Å². The number of carbonyl (C=O) groups excluding carboxylic acids is 4. The van der Waals surface area contributed by atoms with Gasteiger partial charge < -0.3 is 10.2 Å². The Kier molecular flexibility index (Phi) is 7.31. The summed E-state index contributed by atoms with van der Waals surface area (Å²) in [4.78, 5) is 53.8. The first kappa shape index (κ1) is 24.2. The summed E-state index contributed by atoms with van der Waals surface area (Å²) in [6.45, 7) is 7.84. The van der Waals surface area contributed by atoms with Gasteiger partial charge in [0, 0.05) is 25.0 Å². The molecule has 0 bridgehead atoms. The minimum absolute atomic E-state index is 0.118. The van der Waals surface area contributed by atoms with Crippen LogP contribution in [-0.2, 0) is 16.1 Å². The van der Waals surface area contributed by atoms with E-state index in [1.54, 1.807) is 36.1 Å². The zero-order valence-electron chi connectivity index (χ0n) is 19.6. The maximum absolute atomic E-state index is 13.2. The molecule has 174 valence electrons. The van der Waals surface area contributed by atoms with E-state index in [1.165, 1.54) is 4.90 Å². The fourth-order valence-corrected chi connectivity index (χ4v) is 3.81. The van der Waals surface area contributed by atoms with Gasteiger partial charge in [-0.3, -0.25) is 24.1 Å². The lowest BCUT2D eigenvalue weighted by atomic mass is 10.1. The minimum Gasteiger partial charge on any atom is -0.350 e. The van der Waals surface area contributed by atoms with E-state index in [4.69, 9.17) is 0 Å². The van der Waals surface area contributed by atoms with E-state index >= 15 is 0 Å². The summed E-state index contributed by atoms with van der Waals surface area (Å²) in [6, 6.07) is 15.5. The van der Waals surface area contributed by atoms with Crippen molar-refractivity contribution in [1.29, 1.82) is 0 Å². The highest BCUT2D eigenvalue weighted by atomic mass is 16.2. The van der Waals surface area contributed by atoms with E-state index in [9.17, 15) is 19.2 Å². The molecular formula is C26H31N3O4. The molecule has 7 heteroatoms. The lowest BCUT2D eigenvalue weighted by Gasteiger charge is -2.31. The van der Waals surface area contributed by atoms with Crippen molar-refractivity contribution < 1.29 is 19.2 Å². The summed E-state index contributed by atoms with van der Waals surface area (Å²) in [7, 11) is 0. The molecule has 0 saturated heterocycles. The average Bonchev–Trinajstić information content (AvgIpc) is 3.01. The van der Waals surface area contributed by atoms with Gasteiger partial charge in [0.05, 0.1) is 11.1 Å². The van der Waals surface area contributed by atoms with Gasteiger partial charge in [-0.2, -0.15) is 0 Å². The van der Waals surface area contributed by atoms with Gasteiger partial charge in [0.15, 0.2) is 0 Å². The summed E-state index contributed by atoms with van der Waals surface area (Å²) in [5, 5.41) is 2.93. The molecule has 1 aliphatic heterocycles. The molecule has 0 aliphatic carbocycles. The Hall–Kier alpha value is -3.48. The number of hydrogen-bond acceptors (Lipinski definition) is 4. The topological polar surface area (TPSA) is 86.8 Å². The van der Waals surface area contributed by atoms with Crippen molar-refractivity contribution in [3.05, 3.63) is 71.3 Å². The smallest absolute Gasteiger partial charge is 0.261 e. The Bertz CT molecular complexity index is 1010. The van der Waals surface area contributed by atoms with E-state index < -0.39 is 11.6 Å². The lowest BCUT2D eigenvalue weighted by Crippen LogP contribution is -2.52. The van der Waals surface area contributed by atoms with E-state index in [0.29, 0.717) is 24.1 Å². The number of carbonyl (C=O) groups is 4. The van der Waals surface area contributed by atoms with Crippen LogP contribution < -0.4 is 5.32 Å². The van der Waals surface area contributed by atoms with Gasteiger partial charge >= 0.3 is 0 Å². The van der Waals surface area contributed by atoms with Crippen molar-refractivity contribution in [3.8, 4) is 0 Å². The Morgan fingerprint density at radius 2 is 1.48 bits per heavy atom. The molecule has 1 unspecified atom stereocenters. The van der Waals surface area contributed by atoms with Crippen molar-refractivity contribution in [2.75, 3.05) is 6.54 Å². The highest BCUT2D eigenvalue weighted by Crippen LogP contribution is 2.23. The quantitative estimate of drug-likeness (QED) is 0.626. The molecule has 0 saturated carbocycles. The molecule has 1 N–H and O–H groups in total. The summed E-state index contributed by atoms with van der Waals surface area (Å²) >= 11 is 0. The number of nitrogens with one attached hydrogen (secondary N) is 1. The zero-order chi connectivity index (χ0) is 24.2. The maximum Gasteiger partial charge on any atom is 0.261 e. The van der Waals surface area contributed by atoms with Gasteiger partial charge in [-0.1, -0.05) is 42.5 Å². The standard InChI is InChI=1S/C26H31N3O4/c1-18(23(31)27-26(2,3)4)29(17-19-11-6-5-7-12-19)22(30)15-10-16-28-24(32)20-13-8-9-14-21(20)25(28)33/h5-9,11-14,18H,10,15-17H2,1-4H3,(H,27,31). The molecule has 1 heterocycles. The number of amides is 4. The summed E-state index contributed by atoms with van der Waals surface area (Å²) in [5.74, 6) is -1.09. The molecule has 2 aromatic carbocycles. The molecule has 4 amide bonds. The van der Waals surface area contributed by atoms with E-state index in [0.717, 1.165) is 5.56 Å². The normalized spacial score (nSPS) is 14.1. The first-order valence-corrected chi connectivity index (χ1v) is 11.2. The fraction of sp³-hybridized carbons (Fsp3) is 0.385. The SMILES string of the molecule is CC(C(=O)NC(C)(C)C)N(Cc1ccccc1)C(=O)CCCN1C(=O)c2ccccc2C1=O. The molecule has 7 nitrogen and oxygen atoms in total. The average molecular weight is 450 g/mol. The van der Waals surface area contributed by atoms with Crippen molar-refractivity contribution >= 4 is 23.6 Å². The third-order valence-corrected chi connectivity index (χ3v) is 5.51. The van der Waals surface area contributed by atoms with Crippen LogP contribution in [0.25, 0.3) is 0 Å². The van der Waals surface area contributed by atoms with E-state index in [-0.39, 0.29) is 36.6 Å². The van der Waals surface area contributed by atoms with Gasteiger partial charge in [-0.05, 0) is 51.8 Å². The molecule has 1 atom stereocenters. The second-order valence-electron chi connectivity index (χ2n) is 9.33. The van der Waals surface area contributed by atoms with Crippen LogP contribution >= 0.6 is 0 Å². The van der Waals surface area contributed by atoms with Gasteiger partial charge in [0.1, 0.15) is 6.04 Å². The number of fused-ring (bicyclic) bond motifs is 1. The molecule has 2 aromatic rings. The molecule has 0 aromatic heterocycles. The minimum atomic E-state index is -0.670. The van der Waals surface area contributed by atoms with Crippen molar-refractivity contribution in [3.63, 3.8) is 0 Å². The number of nitrogens with zero attached hydrogens (tertiary/aromatic N) is 2. The Balaban J connectivity index is 1.66. The van der Waals surface area contributed by atoms with Crippen LogP contribution in [0.1, 0.15) is 66.8 Å². The monoisotopic (exact) mass is 449 g/mol. The largest absolute Gasteiger partial charge is 0.350 e. The number of rotatable bonds is 8. The molecular weight excluding hydrogens is 418 g/mol. The molecule has 33 heavy (non-hydrogen) atoms. The predicted octanol–water partition coefficient (Wildman–Crippen LogP) is 3.39. The third kappa shape index (κ3) is 5.86. The van der Waals surface area contributed by atoms with Crippen LogP contribution in [0.4, 0.5) is 0 Å². The van der Waals surface area contributed by atoms with Crippen LogP contribution in [0.15, 0.2) is 54.6 Å². The number of hydrogen-bond donors (Lipinski definition) is 1. The van der Waals surface area contributed by atoms with Crippen LogP contribution in [0.5, 0.6) is 0 Å². The van der Waals surface area contributed by atoms with Gasteiger partial charge in [0.2, 0.25) is 11.8 Å². The Labute approximate surface area is 194 Å². The van der Waals surface area contributed by atoms with Gasteiger partial charge in [0.25, 0.3) is 11.8 Å². The molecule has 0 fully saturated rings. The van der Waals surface area contributed by atoms with Crippen molar-refractivity contribution in [2.45, 2.75) is 58.7 Å². The Morgan fingerprint density at radius 1 is 0.939 bits per heavy atom. The second-order valence-corrected chi connectivity index (χ2v) is 9.33. The van der Waals surface area contributed by atoms with Crippen molar-refractivity contribution in [2.24, 2.45) is 0 Å². The fourth-order valence-electron chi connectivity index (χ4n) is 3.81. The first-order chi connectivity index (χ1) is 15.6. The maximum atomic E-state index is 13.2. The lowest BCUT2D eigenvalue weighted by molar-refractivity contribution is -0.141. The molecule has 1 aliphatic rings. The molecule has 0 radical (unpaired) electrons. The van der Waals surface area contributed by atoms with Crippen molar-refractivity contribution in [1.82, 2.24) is 15.1 Å². The number of benzene rings is 2.